The Morgan fingerprint density at radius 2 is 1.96 bits per heavy atom. The number of nitrogens with zero attached hydrogens (tertiary/aromatic N) is 2. The average molecular weight is 396 g/mol. The number of sulfonamides is 1. The van der Waals surface area contributed by atoms with E-state index in [4.69, 9.17) is 16.3 Å². The topological polar surface area (TPSA) is 73.2 Å². The standard InChI is InChI=1S/C17H15ClFN3O3S/c1-25-13-5-7-14(8-6-13)26(23,24)21-12-9-20-22(10-12)11-15-16(18)3-2-4-17(15)19/h2-10,21H,11H2,1H3. The summed E-state index contributed by atoms with van der Waals surface area (Å²) < 4.78 is 47.5. The molecule has 9 heteroatoms. The number of ether oxygens (including phenoxy) is 1. The Hall–Kier alpha value is -2.58. The number of methoxy groups -OCH3 is 1. The summed E-state index contributed by atoms with van der Waals surface area (Å²) in [6.07, 6.45) is 2.81. The third-order valence-electron chi connectivity index (χ3n) is 3.64. The molecule has 0 atom stereocenters. The lowest BCUT2D eigenvalue weighted by Gasteiger charge is -2.07. The monoisotopic (exact) mass is 395 g/mol. The molecule has 0 bridgehead atoms. The van der Waals surface area contributed by atoms with Gasteiger partial charge in [-0.25, -0.2) is 12.8 Å². The molecule has 0 unspecified atom stereocenters. The third-order valence-corrected chi connectivity index (χ3v) is 5.39. The minimum atomic E-state index is -3.77. The molecular weight excluding hydrogens is 381 g/mol. The zero-order chi connectivity index (χ0) is 18.7. The van der Waals surface area contributed by atoms with E-state index in [0.29, 0.717) is 5.75 Å². The molecule has 0 radical (unpaired) electrons. The second kappa shape index (κ2) is 7.35. The average Bonchev–Trinajstić information content (AvgIpc) is 3.05. The van der Waals surface area contributed by atoms with Crippen LogP contribution in [0, 0.1) is 5.82 Å². The molecule has 0 saturated heterocycles. The summed E-state index contributed by atoms with van der Waals surface area (Å²) in [7, 11) is -2.28. The van der Waals surface area contributed by atoms with Gasteiger partial charge in [-0.05, 0) is 36.4 Å². The van der Waals surface area contributed by atoms with Crippen LogP contribution in [0.4, 0.5) is 10.1 Å². The van der Waals surface area contributed by atoms with Gasteiger partial charge in [0.2, 0.25) is 0 Å². The quantitative estimate of drug-likeness (QED) is 0.693. The van der Waals surface area contributed by atoms with Gasteiger partial charge in [-0.1, -0.05) is 17.7 Å². The van der Waals surface area contributed by atoms with Gasteiger partial charge >= 0.3 is 0 Å². The molecule has 2 aromatic carbocycles. The molecule has 3 rings (SSSR count). The van der Waals surface area contributed by atoms with E-state index in [1.165, 1.54) is 48.5 Å². The molecule has 0 amide bonds. The predicted molar refractivity (Wildman–Crippen MR) is 96.5 cm³/mol. The SMILES string of the molecule is COc1ccc(S(=O)(=O)Nc2cnn(Cc3c(F)cccc3Cl)c2)cc1. The minimum Gasteiger partial charge on any atom is -0.497 e. The molecule has 26 heavy (non-hydrogen) atoms. The van der Waals surface area contributed by atoms with Crippen LogP contribution in [0.5, 0.6) is 5.75 Å². The number of nitrogens with one attached hydrogen (secondary N) is 1. The number of aromatic nitrogens is 2. The maximum absolute atomic E-state index is 13.8. The van der Waals surface area contributed by atoms with E-state index >= 15 is 0 Å². The Kier molecular flexibility index (Phi) is 5.15. The van der Waals surface area contributed by atoms with Crippen molar-refractivity contribution in [1.29, 1.82) is 0 Å². The lowest BCUT2D eigenvalue weighted by molar-refractivity contribution is 0.414. The zero-order valence-electron chi connectivity index (χ0n) is 13.7. The van der Waals surface area contributed by atoms with E-state index in [-0.39, 0.29) is 27.7 Å². The van der Waals surface area contributed by atoms with Crippen LogP contribution in [-0.4, -0.2) is 25.3 Å². The molecule has 1 aromatic heterocycles. The highest BCUT2D eigenvalue weighted by Gasteiger charge is 2.16. The summed E-state index contributed by atoms with van der Waals surface area (Å²) in [5.74, 6) is 0.104. The second-order valence-corrected chi connectivity index (χ2v) is 7.50. The van der Waals surface area contributed by atoms with Gasteiger partial charge in [0.25, 0.3) is 10.0 Å². The highest BCUT2D eigenvalue weighted by Crippen LogP contribution is 2.22. The van der Waals surface area contributed by atoms with E-state index < -0.39 is 15.8 Å². The Labute approximate surface area is 155 Å². The molecule has 1 heterocycles. The van der Waals surface area contributed by atoms with E-state index in [1.54, 1.807) is 18.2 Å². The molecule has 0 saturated carbocycles. The first-order chi connectivity index (χ1) is 12.4. The number of halogens is 2. The molecule has 6 nitrogen and oxygen atoms in total. The molecule has 0 aliphatic heterocycles. The number of hydrogen-bond donors (Lipinski definition) is 1. The Morgan fingerprint density at radius 1 is 1.23 bits per heavy atom. The summed E-state index contributed by atoms with van der Waals surface area (Å²) in [6, 6.07) is 10.4. The van der Waals surface area contributed by atoms with Crippen LogP contribution < -0.4 is 9.46 Å². The number of benzene rings is 2. The van der Waals surface area contributed by atoms with Crippen LogP contribution in [0.2, 0.25) is 5.02 Å². The van der Waals surface area contributed by atoms with Crippen LogP contribution in [-0.2, 0) is 16.6 Å². The van der Waals surface area contributed by atoms with E-state index in [9.17, 15) is 12.8 Å². The van der Waals surface area contributed by atoms with Gasteiger partial charge in [-0.3, -0.25) is 9.40 Å². The van der Waals surface area contributed by atoms with Gasteiger partial charge in [0.15, 0.2) is 0 Å². The molecule has 0 aliphatic carbocycles. The van der Waals surface area contributed by atoms with E-state index in [0.717, 1.165) is 0 Å². The molecule has 0 fully saturated rings. The molecule has 3 aromatic rings. The lowest BCUT2D eigenvalue weighted by Crippen LogP contribution is -2.12. The largest absolute Gasteiger partial charge is 0.497 e. The molecule has 0 spiro atoms. The van der Waals surface area contributed by atoms with Crippen molar-refractivity contribution in [1.82, 2.24) is 9.78 Å². The van der Waals surface area contributed by atoms with Crippen molar-refractivity contribution < 1.29 is 17.5 Å². The van der Waals surface area contributed by atoms with Crippen molar-refractivity contribution in [2.24, 2.45) is 0 Å². The predicted octanol–water partition coefficient (Wildman–Crippen LogP) is 3.53. The first kappa shape index (κ1) is 18.2. The third kappa shape index (κ3) is 3.97. The smallest absolute Gasteiger partial charge is 0.261 e. The lowest BCUT2D eigenvalue weighted by atomic mass is 10.2. The van der Waals surface area contributed by atoms with Crippen molar-refractivity contribution in [3.63, 3.8) is 0 Å². The Bertz CT molecular complexity index is 1000. The van der Waals surface area contributed by atoms with Crippen LogP contribution in [0.15, 0.2) is 59.8 Å². The zero-order valence-corrected chi connectivity index (χ0v) is 15.3. The van der Waals surface area contributed by atoms with Crippen LogP contribution in [0.25, 0.3) is 0 Å². The van der Waals surface area contributed by atoms with Gasteiger partial charge < -0.3 is 4.74 Å². The van der Waals surface area contributed by atoms with Crippen molar-refractivity contribution in [2.75, 3.05) is 11.8 Å². The molecule has 136 valence electrons. The van der Waals surface area contributed by atoms with Gasteiger partial charge in [-0.2, -0.15) is 5.10 Å². The van der Waals surface area contributed by atoms with Crippen LogP contribution in [0.3, 0.4) is 0 Å². The summed E-state index contributed by atoms with van der Waals surface area (Å²) in [5, 5.41) is 4.32. The summed E-state index contributed by atoms with van der Waals surface area (Å²) in [4.78, 5) is 0.0863. The summed E-state index contributed by atoms with van der Waals surface area (Å²) in [6.45, 7) is 0.0791. The molecule has 1 N–H and O–H groups in total. The Morgan fingerprint density at radius 3 is 2.62 bits per heavy atom. The fraction of sp³-hybridized carbons (Fsp3) is 0.118. The van der Waals surface area contributed by atoms with E-state index in [2.05, 4.69) is 9.82 Å². The fourth-order valence-corrected chi connectivity index (χ4v) is 3.57. The van der Waals surface area contributed by atoms with Crippen LogP contribution in [0.1, 0.15) is 5.56 Å². The normalized spacial score (nSPS) is 11.3. The van der Waals surface area contributed by atoms with Gasteiger partial charge in [0.05, 0.1) is 30.4 Å². The Balaban J connectivity index is 1.77. The highest BCUT2D eigenvalue weighted by molar-refractivity contribution is 7.92. The minimum absolute atomic E-state index is 0.0791. The first-order valence-corrected chi connectivity index (χ1v) is 9.37. The van der Waals surface area contributed by atoms with Gasteiger partial charge in [0, 0.05) is 16.8 Å². The van der Waals surface area contributed by atoms with Crippen molar-refractivity contribution >= 4 is 27.3 Å². The molecule has 0 aliphatic rings. The number of rotatable bonds is 6. The maximum atomic E-state index is 13.8. The fourth-order valence-electron chi connectivity index (χ4n) is 2.32. The van der Waals surface area contributed by atoms with Gasteiger partial charge in [-0.15, -0.1) is 0 Å². The van der Waals surface area contributed by atoms with Gasteiger partial charge in [0.1, 0.15) is 11.6 Å². The highest BCUT2D eigenvalue weighted by atomic mass is 35.5. The summed E-state index contributed by atoms with van der Waals surface area (Å²) in [5.41, 5.74) is 0.537. The molecular formula is C17H15ClFN3O3S. The second-order valence-electron chi connectivity index (χ2n) is 5.41. The summed E-state index contributed by atoms with van der Waals surface area (Å²) >= 11 is 5.99. The number of anilines is 1. The maximum Gasteiger partial charge on any atom is 0.261 e. The first-order valence-electron chi connectivity index (χ1n) is 7.51. The van der Waals surface area contributed by atoms with E-state index in [1.807, 2.05) is 0 Å². The van der Waals surface area contributed by atoms with Crippen LogP contribution >= 0.6 is 11.6 Å². The van der Waals surface area contributed by atoms with Crippen molar-refractivity contribution in [2.45, 2.75) is 11.4 Å². The van der Waals surface area contributed by atoms with Crippen molar-refractivity contribution in [3.8, 4) is 5.75 Å². The number of hydrogen-bond acceptors (Lipinski definition) is 4. The van der Waals surface area contributed by atoms with Crippen molar-refractivity contribution in [3.05, 3.63) is 71.3 Å².